The van der Waals surface area contributed by atoms with Crippen LogP contribution >= 0.6 is 22.9 Å². The lowest BCUT2D eigenvalue weighted by Gasteiger charge is -2.13. The van der Waals surface area contributed by atoms with Gasteiger partial charge in [0, 0.05) is 6.07 Å². The highest BCUT2D eigenvalue weighted by atomic mass is 35.5. The van der Waals surface area contributed by atoms with E-state index in [1.54, 1.807) is 6.07 Å². The Hall–Kier alpha value is -2.90. The Morgan fingerprint density at radius 2 is 1.89 bits per heavy atom. The van der Waals surface area contributed by atoms with Gasteiger partial charge in [0.2, 0.25) is 4.96 Å². The predicted octanol–water partition coefficient (Wildman–Crippen LogP) is 4.77. The van der Waals surface area contributed by atoms with Crippen LogP contribution in [0, 0.1) is 0 Å². The molecule has 142 valence electrons. The van der Waals surface area contributed by atoms with Gasteiger partial charge in [-0.25, -0.2) is 4.98 Å². The molecular weight excluding hydrogens is 396 g/mol. The van der Waals surface area contributed by atoms with E-state index in [1.807, 2.05) is 49.4 Å². The van der Waals surface area contributed by atoms with Crippen LogP contribution in [-0.4, -0.2) is 14.6 Å². The first-order chi connectivity index (χ1) is 13.6. The van der Waals surface area contributed by atoms with E-state index >= 15 is 0 Å². The van der Waals surface area contributed by atoms with Crippen LogP contribution in [-0.2, 0) is 13.0 Å². The molecule has 0 aliphatic rings. The van der Waals surface area contributed by atoms with Gasteiger partial charge in [0.05, 0.1) is 22.9 Å². The van der Waals surface area contributed by atoms with Crippen molar-refractivity contribution in [1.82, 2.24) is 14.6 Å². The maximum absolute atomic E-state index is 12.3. The van der Waals surface area contributed by atoms with Gasteiger partial charge < -0.3 is 10.1 Å². The fourth-order valence-corrected chi connectivity index (χ4v) is 3.69. The van der Waals surface area contributed by atoms with E-state index in [4.69, 9.17) is 16.3 Å². The third kappa shape index (κ3) is 3.85. The monoisotopic (exact) mass is 412 g/mol. The SMILES string of the molecule is CCc1nn2c(=O)cc(CNc3ccccc3Oc3ccccc3Cl)nc2s1. The van der Waals surface area contributed by atoms with Gasteiger partial charge in [-0.3, -0.25) is 4.79 Å². The number of aryl methyl sites for hydroxylation is 1. The van der Waals surface area contributed by atoms with Crippen molar-refractivity contribution in [2.75, 3.05) is 5.32 Å². The number of halogens is 1. The normalized spacial score (nSPS) is 10.9. The first-order valence-corrected chi connectivity index (χ1v) is 9.97. The summed E-state index contributed by atoms with van der Waals surface area (Å²) in [5.74, 6) is 1.22. The molecule has 6 nitrogen and oxygen atoms in total. The van der Waals surface area contributed by atoms with Crippen LogP contribution in [0.1, 0.15) is 17.6 Å². The summed E-state index contributed by atoms with van der Waals surface area (Å²) in [6.07, 6.45) is 0.772. The average molecular weight is 413 g/mol. The zero-order valence-electron chi connectivity index (χ0n) is 15.1. The standard InChI is InChI=1S/C20H17ClN4O2S/c1-2-18-24-25-19(26)11-13(23-20(25)28-18)12-22-15-8-4-6-10-17(15)27-16-9-5-3-7-14(16)21/h3-11,22H,2,12H2,1H3. The molecule has 2 aromatic heterocycles. The highest BCUT2D eigenvalue weighted by Gasteiger charge is 2.10. The summed E-state index contributed by atoms with van der Waals surface area (Å²) in [7, 11) is 0. The number of anilines is 1. The minimum atomic E-state index is -0.182. The van der Waals surface area contributed by atoms with Crippen molar-refractivity contribution in [1.29, 1.82) is 0 Å². The second kappa shape index (κ2) is 8.00. The summed E-state index contributed by atoms with van der Waals surface area (Å²) in [6.45, 7) is 2.38. The second-order valence-corrected chi connectivity index (χ2v) is 7.46. The van der Waals surface area contributed by atoms with Crippen LogP contribution in [0.3, 0.4) is 0 Å². The molecule has 0 aliphatic carbocycles. The van der Waals surface area contributed by atoms with Gasteiger partial charge in [0.25, 0.3) is 5.56 Å². The zero-order chi connectivity index (χ0) is 19.5. The molecule has 0 unspecified atom stereocenters. The van der Waals surface area contributed by atoms with Crippen molar-refractivity contribution in [3.05, 3.63) is 80.7 Å². The van der Waals surface area contributed by atoms with E-state index in [0.717, 1.165) is 17.1 Å². The van der Waals surface area contributed by atoms with E-state index in [2.05, 4.69) is 15.4 Å². The zero-order valence-corrected chi connectivity index (χ0v) is 16.6. The summed E-state index contributed by atoms with van der Waals surface area (Å²) < 4.78 is 7.30. The largest absolute Gasteiger partial charge is 0.454 e. The fraction of sp³-hybridized carbons (Fsp3) is 0.150. The van der Waals surface area contributed by atoms with E-state index in [1.165, 1.54) is 21.9 Å². The first kappa shape index (κ1) is 18.5. The van der Waals surface area contributed by atoms with Crippen molar-refractivity contribution >= 4 is 33.6 Å². The Labute approximate surface area is 170 Å². The molecule has 0 aliphatic heterocycles. The molecule has 4 aromatic rings. The number of rotatable bonds is 6. The van der Waals surface area contributed by atoms with Crippen molar-refractivity contribution in [3.63, 3.8) is 0 Å². The number of fused-ring (bicyclic) bond motifs is 1. The van der Waals surface area contributed by atoms with Gasteiger partial charge in [-0.05, 0) is 30.7 Å². The van der Waals surface area contributed by atoms with Crippen LogP contribution in [0.5, 0.6) is 11.5 Å². The van der Waals surface area contributed by atoms with Crippen molar-refractivity contribution < 1.29 is 4.74 Å². The number of hydrogen-bond donors (Lipinski definition) is 1. The van der Waals surface area contributed by atoms with E-state index in [9.17, 15) is 4.79 Å². The quantitative estimate of drug-likeness (QED) is 0.494. The molecule has 0 radical (unpaired) electrons. The van der Waals surface area contributed by atoms with Crippen LogP contribution in [0.2, 0.25) is 5.02 Å². The minimum absolute atomic E-state index is 0.182. The lowest BCUT2D eigenvalue weighted by Crippen LogP contribution is -2.16. The Bertz CT molecular complexity index is 1190. The Morgan fingerprint density at radius 3 is 2.68 bits per heavy atom. The van der Waals surface area contributed by atoms with E-state index < -0.39 is 0 Å². The third-order valence-electron chi connectivity index (χ3n) is 4.05. The Morgan fingerprint density at radius 1 is 1.14 bits per heavy atom. The second-order valence-electron chi connectivity index (χ2n) is 6.01. The maximum atomic E-state index is 12.3. The maximum Gasteiger partial charge on any atom is 0.275 e. The van der Waals surface area contributed by atoms with Crippen molar-refractivity contribution in [2.24, 2.45) is 0 Å². The summed E-state index contributed by atoms with van der Waals surface area (Å²) in [6, 6.07) is 16.3. The lowest BCUT2D eigenvalue weighted by atomic mass is 10.2. The smallest absolute Gasteiger partial charge is 0.275 e. The van der Waals surface area contributed by atoms with Gasteiger partial charge in [-0.1, -0.05) is 54.1 Å². The molecule has 0 bridgehead atoms. The van der Waals surface area contributed by atoms with Gasteiger partial charge in [0.1, 0.15) is 10.8 Å². The number of nitrogens with one attached hydrogen (secondary N) is 1. The molecule has 0 amide bonds. The highest BCUT2D eigenvalue weighted by Crippen LogP contribution is 2.33. The van der Waals surface area contributed by atoms with E-state index in [-0.39, 0.29) is 5.56 Å². The predicted molar refractivity (Wildman–Crippen MR) is 112 cm³/mol. The third-order valence-corrected chi connectivity index (χ3v) is 5.41. The molecule has 0 atom stereocenters. The van der Waals surface area contributed by atoms with Gasteiger partial charge >= 0.3 is 0 Å². The van der Waals surface area contributed by atoms with Gasteiger partial charge in [-0.15, -0.1) is 0 Å². The Kier molecular flexibility index (Phi) is 5.27. The number of hydrogen-bond acceptors (Lipinski definition) is 6. The summed E-state index contributed by atoms with van der Waals surface area (Å²) in [4.78, 5) is 17.4. The Balaban J connectivity index is 1.56. The molecule has 2 heterocycles. The fourth-order valence-electron chi connectivity index (χ4n) is 2.66. The van der Waals surface area contributed by atoms with Crippen molar-refractivity contribution in [2.45, 2.75) is 19.9 Å². The van der Waals surface area contributed by atoms with Crippen LogP contribution in [0.4, 0.5) is 5.69 Å². The highest BCUT2D eigenvalue weighted by molar-refractivity contribution is 7.16. The topological polar surface area (TPSA) is 68.5 Å². The summed E-state index contributed by atoms with van der Waals surface area (Å²) in [5, 5.41) is 8.97. The number of benzene rings is 2. The molecule has 28 heavy (non-hydrogen) atoms. The molecule has 4 rings (SSSR count). The lowest BCUT2D eigenvalue weighted by molar-refractivity contribution is 0.484. The number of nitrogens with zero attached hydrogens (tertiary/aromatic N) is 3. The number of para-hydroxylation sites is 3. The van der Waals surface area contributed by atoms with Crippen LogP contribution in [0.15, 0.2) is 59.4 Å². The molecular formula is C20H17ClN4O2S. The molecule has 0 saturated carbocycles. The van der Waals surface area contributed by atoms with E-state index in [0.29, 0.717) is 33.7 Å². The van der Waals surface area contributed by atoms with Crippen LogP contribution < -0.4 is 15.6 Å². The molecule has 0 fully saturated rings. The molecule has 0 saturated heterocycles. The van der Waals surface area contributed by atoms with Crippen LogP contribution in [0.25, 0.3) is 4.96 Å². The molecule has 1 N–H and O–H groups in total. The average Bonchev–Trinajstić information content (AvgIpc) is 3.13. The number of aromatic nitrogens is 3. The van der Waals surface area contributed by atoms with Gasteiger partial charge in [-0.2, -0.15) is 9.61 Å². The molecule has 0 spiro atoms. The minimum Gasteiger partial charge on any atom is -0.454 e. The molecule has 2 aromatic carbocycles. The first-order valence-electron chi connectivity index (χ1n) is 8.78. The summed E-state index contributed by atoms with van der Waals surface area (Å²) in [5.41, 5.74) is 1.24. The summed E-state index contributed by atoms with van der Waals surface area (Å²) >= 11 is 7.62. The van der Waals surface area contributed by atoms with Crippen molar-refractivity contribution in [3.8, 4) is 11.5 Å². The number of ether oxygens (including phenoxy) is 1. The van der Waals surface area contributed by atoms with Gasteiger partial charge in [0.15, 0.2) is 5.75 Å². The molecule has 8 heteroatoms.